The molecule has 0 radical (unpaired) electrons. The van der Waals surface area contributed by atoms with Crippen LogP contribution in [0.2, 0.25) is 0 Å². The number of rotatable bonds is 0. The maximum Gasteiger partial charge on any atom is 0.123 e. The Labute approximate surface area is 231 Å². The maximum absolute atomic E-state index is 2.55. The molecule has 1 unspecified atom stereocenters. The van der Waals surface area contributed by atoms with Crippen molar-refractivity contribution in [3.8, 4) is 0 Å². The van der Waals surface area contributed by atoms with E-state index in [0.717, 1.165) is 0 Å². The highest BCUT2D eigenvalue weighted by Gasteiger charge is 2.10. The van der Waals surface area contributed by atoms with Crippen LogP contribution in [0.15, 0.2) is 36.1 Å². The molecule has 3 aliphatic heterocycles. The molecule has 0 aromatic rings. The lowest BCUT2D eigenvalue weighted by molar-refractivity contribution is -0.841. The van der Waals surface area contributed by atoms with Crippen molar-refractivity contribution in [2.24, 2.45) is 0 Å². The largest absolute Gasteiger partial charge is 0.343 e. The Morgan fingerprint density at radius 3 is 1.89 bits per heavy atom. The van der Waals surface area contributed by atoms with Gasteiger partial charge in [0, 0.05) is 12.0 Å². The minimum Gasteiger partial charge on any atom is -0.343 e. The van der Waals surface area contributed by atoms with Crippen LogP contribution in [0.3, 0.4) is 0 Å². The van der Waals surface area contributed by atoms with Gasteiger partial charge in [-0.25, -0.2) is 5.92 Å². The van der Waals surface area contributed by atoms with Gasteiger partial charge < -0.3 is 15.6 Å². The SMILES string of the molecule is C1=C[C-]2C=[N+]([CH-]1)CCCCCCCCCCCC1=C[NH+](CC=C1)CCCCCCCCCCCCCC2. The number of hydrogen-bond donors (Lipinski definition) is 1. The predicted molar refractivity (Wildman–Crippen MR) is 162 cm³/mol. The van der Waals surface area contributed by atoms with Crippen LogP contribution in [0.1, 0.15) is 148 Å². The first-order valence-corrected chi connectivity index (χ1v) is 16.6. The quantitative estimate of drug-likeness (QED) is 0.247. The zero-order valence-corrected chi connectivity index (χ0v) is 24.4. The maximum atomic E-state index is 2.55. The number of hydrogen-bond acceptors (Lipinski definition) is 0. The monoisotopic (exact) mass is 508 g/mol. The summed E-state index contributed by atoms with van der Waals surface area (Å²) >= 11 is 0. The molecule has 0 amide bonds. The van der Waals surface area contributed by atoms with E-state index in [4.69, 9.17) is 0 Å². The van der Waals surface area contributed by atoms with Crippen molar-refractivity contribution >= 4 is 6.21 Å². The summed E-state index contributed by atoms with van der Waals surface area (Å²) in [6, 6.07) is 0. The summed E-state index contributed by atoms with van der Waals surface area (Å²) < 4.78 is 2.44. The summed E-state index contributed by atoms with van der Waals surface area (Å²) in [4.78, 5) is 1.69. The molecule has 0 saturated carbocycles. The first kappa shape index (κ1) is 30.1. The molecule has 0 aromatic heterocycles. The van der Waals surface area contributed by atoms with E-state index in [-0.39, 0.29) is 0 Å². The van der Waals surface area contributed by atoms with Crippen molar-refractivity contribution in [1.29, 1.82) is 0 Å². The average molecular weight is 509 g/mol. The van der Waals surface area contributed by atoms with Gasteiger partial charge in [-0.2, -0.15) is 0 Å². The van der Waals surface area contributed by atoms with Crippen LogP contribution >= 0.6 is 0 Å². The standard InChI is InChI=1S/C35H59N2/c1-2-4-8-12-16-20-28-36-30-23-27-35(33-36)25-19-15-11-7-5-9-13-17-21-29-37-31-22-26-34(32-37)24-18-14-10-6-3-1/h22-23,26-27,31-33H,1-21,24-25,28-30H2/q-1/p+1. The first-order valence-electron chi connectivity index (χ1n) is 16.6. The van der Waals surface area contributed by atoms with Crippen LogP contribution in [0.4, 0.5) is 0 Å². The van der Waals surface area contributed by atoms with Gasteiger partial charge in [0.05, 0.1) is 12.7 Å². The first-order chi connectivity index (χ1) is 18.4. The lowest BCUT2D eigenvalue weighted by atomic mass is 9.98. The highest BCUT2D eigenvalue weighted by atomic mass is 15.1. The van der Waals surface area contributed by atoms with Crippen molar-refractivity contribution in [1.82, 2.24) is 0 Å². The number of nitrogens with one attached hydrogen (secondary N) is 1. The van der Waals surface area contributed by atoms with E-state index < -0.39 is 0 Å². The lowest BCUT2D eigenvalue weighted by Gasteiger charge is -2.28. The van der Waals surface area contributed by atoms with Crippen LogP contribution < -0.4 is 4.90 Å². The summed E-state index contributed by atoms with van der Waals surface area (Å²) in [5, 5.41) is 0. The molecule has 37 heavy (non-hydrogen) atoms. The molecule has 0 saturated heterocycles. The van der Waals surface area contributed by atoms with Crippen LogP contribution in [0.25, 0.3) is 0 Å². The van der Waals surface area contributed by atoms with Gasteiger partial charge >= 0.3 is 0 Å². The van der Waals surface area contributed by atoms with E-state index in [1.807, 2.05) is 0 Å². The Hall–Kier alpha value is -1.41. The molecule has 2 heteroatoms. The molecule has 0 aliphatic carbocycles. The fourth-order valence-corrected chi connectivity index (χ4v) is 6.23. The van der Waals surface area contributed by atoms with Gasteiger partial charge in [0.25, 0.3) is 0 Å². The van der Waals surface area contributed by atoms with E-state index in [0.29, 0.717) is 0 Å². The third-order valence-electron chi connectivity index (χ3n) is 8.62. The van der Waals surface area contributed by atoms with Crippen molar-refractivity contribution in [3.05, 3.63) is 48.5 Å². The molecule has 0 aromatic carbocycles. The highest BCUT2D eigenvalue weighted by molar-refractivity contribution is 5.74. The van der Waals surface area contributed by atoms with Gasteiger partial charge in [0.15, 0.2) is 0 Å². The van der Waals surface area contributed by atoms with Gasteiger partial charge in [-0.05, 0) is 50.9 Å². The molecule has 3 heterocycles. The van der Waals surface area contributed by atoms with Crippen molar-refractivity contribution in [2.75, 3.05) is 19.6 Å². The van der Waals surface area contributed by atoms with E-state index in [1.54, 1.807) is 10.5 Å². The number of quaternary nitrogens is 1. The molecule has 1 atom stereocenters. The number of fused-ring (bicyclic) bond motifs is 2. The van der Waals surface area contributed by atoms with E-state index in [9.17, 15) is 0 Å². The summed E-state index contributed by atoms with van der Waals surface area (Å²) in [6.45, 7) is 6.00. The molecule has 0 spiro atoms. The molecule has 0 fully saturated rings. The fraction of sp³-hybridized carbons (Fsp3) is 0.743. The molecular weight excluding hydrogens is 448 g/mol. The van der Waals surface area contributed by atoms with Crippen LogP contribution in [0, 0.1) is 12.5 Å². The molecule has 3 aliphatic rings. The summed E-state index contributed by atoms with van der Waals surface area (Å²) in [5.74, 6) is 1.53. The summed E-state index contributed by atoms with van der Waals surface area (Å²) in [6.07, 6.45) is 46.7. The zero-order valence-electron chi connectivity index (χ0n) is 24.4. The molecule has 1 N–H and O–H groups in total. The summed E-state index contributed by atoms with van der Waals surface area (Å²) in [7, 11) is 0. The topological polar surface area (TPSA) is 7.45 Å². The Bertz CT molecular complexity index is 685. The van der Waals surface area contributed by atoms with Crippen LogP contribution in [-0.4, -0.2) is 30.4 Å². The second-order valence-corrected chi connectivity index (χ2v) is 12.1. The Morgan fingerprint density at radius 1 is 0.649 bits per heavy atom. The smallest absolute Gasteiger partial charge is 0.123 e. The second-order valence-electron chi connectivity index (χ2n) is 12.1. The minimum absolute atomic E-state index is 1.19. The van der Waals surface area contributed by atoms with Crippen LogP contribution in [0.5, 0.6) is 0 Å². The van der Waals surface area contributed by atoms with Gasteiger partial charge in [-0.1, -0.05) is 109 Å². The number of allylic oxidation sites excluding steroid dienone is 3. The lowest BCUT2D eigenvalue weighted by Crippen LogP contribution is -3.07. The van der Waals surface area contributed by atoms with Crippen LogP contribution in [-0.2, 0) is 0 Å². The van der Waals surface area contributed by atoms with E-state index in [1.165, 1.54) is 173 Å². The van der Waals surface area contributed by atoms with Gasteiger partial charge in [0.2, 0.25) is 0 Å². The van der Waals surface area contributed by atoms with Gasteiger partial charge in [-0.15, -0.1) is 6.42 Å². The zero-order chi connectivity index (χ0) is 25.6. The van der Waals surface area contributed by atoms with Crippen molar-refractivity contribution in [3.63, 3.8) is 0 Å². The number of nitrogens with zero attached hydrogens (tertiary/aromatic N) is 1. The molecule has 2 nitrogen and oxygen atoms in total. The molecule has 3 rings (SSSR count). The third-order valence-corrected chi connectivity index (χ3v) is 8.62. The van der Waals surface area contributed by atoms with E-state index in [2.05, 4.69) is 47.8 Å². The normalized spacial score (nSPS) is 25.7. The van der Waals surface area contributed by atoms with E-state index >= 15 is 0 Å². The van der Waals surface area contributed by atoms with Gasteiger partial charge in [0.1, 0.15) is 13.1 Å². The Kier molecular flexibility index (Phi) is 16.7. The van der Waals surface area contributed by atoms with Crippen molar-refractivity contribution in [2.45, 2.75) is 148 Å². The Morgan fingerprint density at radius 2 is 1.22 bits per heavy atom. The molecular formula is C35H60N2. The fourth-order valence-electron chi connectivity index (χ4n) is 6.23. The minimum atomic E-state index is 1.19. The second kappa shape index (κ2) is 20.5. The van der Waals surface area contributed by atoms with Crippen molar-refractivity contribution < 1.29 is 9.48 Å². The predicted octanol–water partition coefficient (Wildman–Crippen LogP) is 8.70. The Balaban J connectivity index is 1.32. The molecule has 4 bridgehead atoms. The average Bonchev–Trinajstić information content (AvgIpc) is 2.92. The third kappa shape index (κ3) is 14.9. The van der Waals surface area contributed by atoms with Gasteiger partial charge in [-0.3, -0.25) is 6.08 Å². The summed E-state index contributed by atoms with van der Waals surface area (Å²) in [5.41, 5.74) is 1.60. The molecule has 210 valence electrons. The highest BCUT2D eigenvalue weighted by Crippen LogP contribution is 2.18.